The Morgan fingerprint density at radius 2 is 0.348 bits per heavy atom. The van der Waals surface area contributed by atoms with Crippen LogP contribution in [0.25, 0.3) is 44.5 Å². The first-order chi connectivity index (χ1) is 42.6. The third-order valence-electron chi connectivity index (χ3n) is 14.9. The normalized spacial score (nSPS) is 9.85. The molecular formula is C89H98. The van der Waals surface area contributed by atoms with E-state index in [0.717, 1.165) is 0 Å². The Labute approximate surface area is 538 Å². The summed E-state index contributed by atoms with van der Waals surface area (Å²) < 4.78 is 0. The number of hydrogen-bond acceptors (Lipinski definition) is 0. The molecule has 0 aliphatic heterocycles. The van der Waals surface area contributed by atoms with Gasteiger partial charge in [0.25, 0.3) is 0 Å². The summed E-state index contributed by atoms with van der Waals surface area (Å²) in [5.74, 6) is 0. The molecule has 0 N–H and O–H groups in total. The molecule has 0 nitrogen and oxygen atoms in total. The van der Waals surface area contributed by atoms with Gasteiger partial charge in [0.05, 0.1) is 0 Å². The topological polar surface area (TPSA) is 0 Å². The molecule has 0 heteroatoms. The van der Waals surface area contributed by atoms with Gasteiger partial charge in [0, 0.05) is 0 Å². The molecule has 0 aromatic heterocycles. The van der Waals surface area contributed by atoms with Gasteiger partial charge in [-0.2, -0.15) is 0 Å². The highest BCUT2D eigenvalue weighted by Crippen LogP contribution is 2.26. The van der Waals surface area contributed by atoms with Crippen LogP contribution in [-0.4, -0.2) is 0 Å². The molecule has 12 aromatic rings. The first-order valence-electron chi connectivity index (χ1n) is 31.3. The lowest BCUT2D eigenvalue weighted by atomic mass is 9.99. The van der Waals surface area contributed by atoms with Crippen LogP contribution in [0, 0.1) is 118 Å². The predicted molar refractivity (Wildman–Crippen MR) is 394 cm³/mol. The molecule has 0 heterocycles. The van der Waals surface area contributed by atoms with Crippen molar-refractivity contribution in [2.24, 2.45) is 0 Å². The van der Waals surface area contributed by atoms with Crippen molar-refractivity contribution in [1.29, 1.82) is 0 Å². The molecule has 0 aliphatic carbocycles. The van der Waals surface area contributed by atoms with Crippen LogP contribution in [0.3, 0.4) is 0 Å². The lowest BCUT2D eigenvalue weighted by molar-refractivity contribution is 1.32. The Balaban J connectivity index is 0.000000187. The number of rotatable bonds is 4. The van der Waals surface area contributed by atoms with Crippen molar-refractivity contribution in [2.45, 2.75) is 118 Å². The van der Waals surface area contributed by atoms with Gasteiger partial charge in [-0.1, -0.05) is 357 Å². The molecule has 0 atom stereocenters. The second-order valence-corrected chi connectivity index (χ2v) is 23.9. The Morgan fingerprint density at radius 1 is 0.124 bits per heavy atom. The van der Waals surface area contributed by atoms with Crippen molar-refractivity contribution < 1.29 is 0 Å². The second-order valence-electron chi connectivity index (χ2n) is 23.9. The lowest BCUT2D eigenvalue weighted by Gasteiger charge is -2.05. The van der Waals surface area contributed by atoms with Gasteiger partial charge in [0.15, 0.2) is 0 Å². The van der Waals surface area contributed by atoms with Gasteiger partial charge in [-0.15, -0.1) is 0 Å². The van der Waals surface area contributed by atoms with E-state index in [1.807, 2.05) is 0 Å². The zero-order chi connectivity index (χ0) is 64.7. The van der Waals surface area contributed by atoms with Crippen LogP contribution in [0.1, 0.15) is 94.6 Å². The summed E-state index contributed by atoms with van der Waals surface area (Å²) >= 11 is 0. The molecule has 0 bridgehead atoms. The maximum atomic E-state index is 2.22. The molecule has 0 radical (unpaired) electrons. The van der Waals surface area contributed by atoms with Crippen molar-refractivity contribution >= 4 is 0 Å². The van der Waals surface area contributed by atoms with Crippen molar-refractivity contribution in [3.8, 4) is 44.5 Å². The summed E-state index contributed by atoms with van der Waals surface area (Å²) in [5.41, 5.74) is 33.1. The molecule has 12 aromatic carbocycles. The fourth-order valence-electron chi connectivity index (χ4n) is 9.87. The molecule has 0 amide bonds. The summed E-state index contributed by atoms with van der Waals surface area (Å²) in [6.45, 7) is 36.0. The van der Waals surface area contributed by atoms with Gasteiger partial charge in [0.2, 0.25) is 0 Å². The highest BCUT2D eigenvalue weighted by atomic mass is 14.1. The summed E-state index contributed by atoms with van der Waals surface area (Å²) in [6, 6.07) is 101. The molecule has 0 spiro atoms. The van der Waals surface area contributed by atoms with Crippen molar-refractivity contribution in [3.05, 3.63) is 380 Å². The highest BCUT2D eigenvalue weighted by Gasteiger charge is 2.02. The average molecular weight is 1170 g/mol. The minimum absolute atomic E-state index is 1.29. The molecule has 454 valence electrons. The fourth-order valence-corrected chi connectivity index (χ4v) is 9.87. The molecule has 0 fully saturated rings. The number of aryl methyl sites for hydroxylation is 17. The molecular weight excluding hydrogens is 1070 g/mol. The summed E-state index contributed by atoms with van der Waals surface area (Å²) in [7, 11) is 0. The molecule has 0 aliphatic rings. The van der Waals surface area contributed by atoms with E-state index < -0.39 is 0 Å². The summed E-state index contributed by atoms with van der Waals surface area (Å²) in [5, 5.41) is 0. The SMILES string of the molecule is Cc1cc(C)cc(C)c1.Cc1ccc(-c2cccc(C)c2)cc1.Cc1ccc(-c2ccccc2C)cc1.Cc1ccc(C)cc1.Cc1cccc(-c2cccc(C)c2)c1.Cc1cccc(-c2ccccc2C)c1.Cc1cccc(C)c1.Cc1ccccc1C. The standard InChI is InChI=1S/4C14H14.C9H12.3C8H10/c1-11-5-3-7-13(9-11)14-8-4-6-12(2)10-14;1-11-6-5-8-13(10-11)14-9-4-3-7-12(14)2;1-11-6-8-13(9-7-11)14-5-3-4-12(2)10-14;1-11-7-9-13(10-8-11)14-6-4-3-5-12(14)2;1-7-4-8(2)6-9(3)5-7;1-7-3-5-8(2)6-4-7;1-7-4-3-5-8(2)6-7;1-7-5-3-4-6-8(7)2/h4*3-10H,1-2H3;4-6H,1-3H3;3*3-6H,1-2H3. The third kappa shape index (κ3) is 26.7. The smallest absolute Gasteiger partial charge is 0.0155 e. The maximum absolute atomic E-state index is 2.22. The van der Waals surface area contributed by atoms with Crippen molar-refractivity contribution in [2.75, 3.05) is 0 Å². The zero-order valence-corrected chi connectivity index (χ0v) is 56.6. The predicted octanol–water partition coefficient (Wildman–Crippen LogP) is 25.4. The van der Waals surface area contributed by atoms with Crippen LogP contribution < -0.4 is 0 Å². The largest absolute Gasteiger partial charge is 0.0620 e. The summed E-state index contributed by atoms with van der Waals surface area (Å²) in [4.78, 5) is 0. The van der Waals surface area contributed by atoms with Gasteiger partial charge in [-0.05, 0) is 184 Å². The molecule has 0 saturated carbocycles. The Morgan fingerprint density at radius 3 is 0.640 bits per heavy atom. The minimum Gasteiger partial charge on any atom is -0.0620 e. The van der Waals surface area contributed by atoms with Crippen LogP contribution in [0.15, 0.2) is 285 Å². The maximum Gasteiger partial charge on any atom is -0.0155 e. The van der Waals surface area contributed by atoms with Gasteiger partial charge >= 0.3 is 0 Å². The van der Waals surface area contributed by atoms with Crippen molar-refractivity contribution in [1.82, 2.24) is 0 Å². The van der Waals surface area contributed by atoms with Crippen LogP contribution in [0.4, 0.5) is 0 Å². The molecule has 0 saturated heterocycles. The lowest BCUT2D eigenvalue weighted by Crippen LogP contribution is -1.82. The zero-order valence-electron chi connectivity index (χ0n) is 56.6. The quantitative estimate of drug-likeness (QED) is 0.165. The fraction of sp³-hybridized carbons (Fsp3) is 0.191. The van der Waals surface area contributed by atoms with Gasteiger partial charge in [0.1, 0.15) is 0 Å². The van der Waals surface area contributed by atoms with Gasteiger partial charge < -0.3 is 0 Å². The Bertz CT molecular complexity index is 3850. The van der Waals surface area contributed by atoms with E-state index in [4.69, 9.17) is 0 Å². The van der Waals surface area contributed by atoms with Crippen molar-refractivity contribution in [3.63, 3.8) is 0 Å². The van der Waals surface area contributed by atoms with Crippen LogP contribution in [-0.2, 0) is 0 Å². The third-order valence-corrected chi connectivity index (χ3v) is 14.9. The number of benzene rings is 12. The molecule has 12 rings (SSSR count). The van der Waals surface area contributed by atoms with Crippen LogP contribution in [0.2, 0.25) is 0 Å². The highest BCUT2D eigenvalue weighted by molar-refractivity contribution is 5.69. The van der Waals surface area contributed by atoms with Gasteiger partial charge in [-0.3, -0.25) is 0 Å². The van der Waals surface area contributed by atoms with Gasteiger partial charge in [-0.25, -0.2) is 0 Å². The second kappa shape index (κ2) is 37.4. The first-order valence-corrected chi connectivity index (χ1v) is 31.3. The van der Waals surface area contributed by atoms with Crippen LogP contribution >= 0.6 is 0 Å². The Hall–Kier alpha value is -9.36. The van der Waals surface area contributed by atoms with E-state index in [0.29, 0.717) is 0 Å². The van der Waals surface area contributed by atoms with E-state index in [9.17, 15) is 0 Å². The van der Waals surface area contributed by atoms with Crippen LogP contribution in [0.5, 0.6) is 0 Å². The molecule has 89 heavy (non-hydrogen) atoms. The van der Waals surface area contributed by atoms with E-state index >= 15 is 0 Å². The summed E-state index contributed by atoms with van der Waals surface area (Å²) in [6.07, 6.45) is 0. The molecule has 0 unspecified atom stereocenters. The van der Waals surface area contributed by atoms with E-state index in [2.05, 4.69) is 403 Å². The minimum atomic E-state index is 1.29. The average Bonchev–Trinajstić information content (AvgIpc) is 2.36. The van der Waals surface area contributed by atoms with E-state index in [1.54, 1.807) is 0 Å². The van der Waals surface area contributed by atoms with E-state index in [1.165, 1.54) is 139 Å². The monoisotopic (exact) mass is 1170 g/mol. The first kappa shape index (κ1) is 70.4. The number of hydrogen-bond donors (Lipinski definition) is 0. The Kier molecular flexibility index (Phi) is 29.6. The van der Waals surface area contributed by atoms with E-state index in [-0.39, 0.29) is 0 Å².